The molecular weight excluding hydrogens is 238 g/mol. The highest BCUT2D eigenvalue weighted by Crippen LogP contribution is 2.42. The smallest absolute Gasteiger partial charge is 0.228 e. The fourth-order valence-electron chi connectivity index (χ4n) is 3.63. The van der Waals surface area contributed by atoms with Crippen molar-refractivity contribution in [1.82, 2.24) is 4.90 Å². The molecule has 0 unspecified atom stereocenters. The summed E-state index contributed by atoms with van der Waals surface area (Å²) in [6.07, 6.45) is 4.54. The summed E-state index contributed by atoms with van der Waals surface area (Å²) in [7, 11) is 1.73. The van der Waals surface area contributed by atoms with Crippen molar-refractivity contribution < 1.29 is 9.53 Å². The Morgan fingerprint density at radius 3 is 2.68 bits per heavy atom. The van der Waals surface area contributed by atoms with Gasteiger partial charge in [0.25, 0.3) is 0 Å². The molecule has 1 heterocycles. The molecule has 3 atom stereocenters. The van der Waals surface area contributed by atoms with Gasteiger partial charge < -0.3 is 9.64 Å². The lowest BCUT2D eigenvalue weighted by atomic mass is 9.81. The summed E-state index contributed by atoms with van der Waals surface area (Å²) in [4.78, 5) is 14.5. The third-order valence-electron chi connectivity index (χ3n) is 4.53. The van der Waals surface area contributed by atoms with Gasteiger partial charge in [0.05, 0.1) is 0 Å². The molecule has 3 heteroatoms. The monoisotopic (exact) mass is 259 g/mol. The van der Waals surface area contributed by atoms with Gasteiger partial charge in [-0.05, 0) is 18.4 Å². The minimum atomic E-state index is -0.0296. The second-order valence-corrected chi connectivity index (χ2v) is 5.63. The van der Waals surface area contributed by atoms with E-state index in [1.165, 1.54) is 18.4 Å². The van der Waals surface area contributed by atoms with E-state index in [2.05, 4.69) is 12.1 Å². The summed E-state index contributed by atoms with van der Waals surface area (Å²) in [6.45, 7) is 0.672. The van der Waals surface area contributed by atoms with Gasteiger partial charge in [0, 0.05) is 25.5 Å². The van der Waals surface area contributed by atoms with E-state index >= 15 is 0 Å². The Kier molecular flexibility index (Phi) is 3.56. The third kappa shape index (κ3) is 2.27. The molecule has 1 saturated heterocycles. The van der Waals surface area contributed by atoms with Crippen molar-refractivity contribution in [2.24, 2.45) is 11.8 Å². The van der Waals surface area contributed by atoms with E-state index in [1.807, 2.05) is 23.1 Å². The number of likely N-dealkylation sites (tertiary alicyclic amines) is 1. The lowest BCUT2D eigenvalue weighted by Crippen LogP contribution is -2.36. The topological polar surface area (TPSA) is 29.5 Å². The van der Waals surface area contributed by atoms with Crippen LogP contribution in [-0.4, -0.2) is 24.1 Å². The van der Waals surface area contributed by atoms with Crippen LogP contribution in [0, 0.1) is 11.8 Å². The Morgan fingerprint density at radius 2 is 1.95 bits per heavy atom. The van der Waals surface area contributed by atoms with Gasteiger partial charge in [-0.2, -0.15) is 0 Å². The van der Waals surface area contributed by atoms with Crippen molar-refractivity contribution in [1.29, 1.82) is 0 Å². The Balaban J connectivity index is 1.81. The van der Waals surface area contributed by atoms with Crippen LogP contribution >= 0.6 is 0 Å². The lowest BCUT2D eigenvalue weighted by molar-refractivity contribution is -0.138. The second-order valence-electron chi connectivity index (χ2n) is 5.63. The second kappa shape index (κ2) is 5.33. The average Bonchev–Trinajstić information content (AvgIpc) is 2.73. The molecule has 2 aliphatic rings. The number of carbonyl (C=O) groups excluding carboxylic acids is 1. The SMILES string of the molecule is CO[C@@H]1[C@@H]2CCCC[C@H]2C(=O)N1Cc1ccccc1. The number of hydrogen-bond donors (Lipinski definition) is 0. The molecular formula is C16H21NO2. The third-order valence-corrected chi connectivity index (χ3v) is 4.53. The van der Waals surface area contributed by atoms with E-state index in [4.69, 9.17) is 4.74 Å². The maximum atomic E-state index is 12.6. The molecule has 3 rings (SSSR count). The molecule has 1 saturated carbocycles. The molecule has 19 heavy (non-hydrogen) atoms. The maximum Gasteiger partial charge on any atom is 0.228 e. The number of hydrogen-bond acceptors (Lipinski definition) is 2. The van der Waals surface area contributed by atoms with E-state index in [0.29, 0.717) is 18.4 Å². The van der Waals surface area contributed by atoms with Gasteiger partial charge >= 0.3 is 0 Å². The number of rotatable bonds is 3. The standard InChI is InChI=1S/C16H21NO2/c1-19-16-14-10-6-5-9-13(14)15(18)17(16)11-12-7-3-2-4-8-12/h2-4,7-8,13-14,16H,5-6,9-11H2,1H3/t13-,14-,16-/m1/s1. The predicted molar refractivity (Wildman–Crippen MR) is 73.2 cm³/mol. The summed E-state index contributed by atoms with van der Waals surface area (Å²) in [5.74, 6) is 0.887. The first kappa shape index (κ1) is 12.7. The first-order valence-corrected chi connectivity index (χ1v) is 7.18. The zero-order valence-electron chi connectivity index (χ0n) is 11.4. The Hall–Kier alpha value is -1.35. The zero-order valence-corrected chi connectivity index (χ0v) is 11.4. The number of benzene rings is 1. The highest BCUT2D eigenvalue weighted by Gasteiger charge is 2.48. The highest BCUT2D eigenvalue weighted by molar-refractivity contribution is 5.82. The van der Waals surface area contributed by atoms with E-state index in [1.54, 1.807) is 7.11 Å². The van der Waals surface area contributed by atoms with Gasteiger partial charge in [-0.3, -0.25) is 4.79 Å². The van der Waals surface area contributed by atoms with E-state index in [-0.39, 0.29) is 12.1 Å². The molecule has 1 aliphatic heterocycles. The van der Waals surface area contributed by atoms with Crippen LogP contribution in [-0.2, 0) is 16.1 Å². The van der Waals surface area contributed by atoms with Crippen LogP contribution in [0.25, 0.3) is 0 Å². The highest BCUT2D eigenvalue weighted by atomic mass is 16.5. The van der Waals surface area contributed by atoms with Crippen LogP contribution in [0.4, 0.5) is 0 Å². The van der Waals surface area contributed by atoms with Gasteiger partial charge in [-0.1, -0.05) is 43.2 Å². The van der Waals surface area contributed by atoms with E-state index in [0.717, 1.165) is 12.8 Å². The van der Waals surface area contributed by atoms with E-state index < -0.39 is 0 Å². The van der Waals surface area contributed by atoms with Crippen molar-refractivity contribution in [2.75, 3.05) is 7.11 Å². The number of amides is 1. The van der Waals surface area contributed by atoms with E-state index in [9.17, 15) is 4.79 Å². The number of carbonyl (C=O) groups is 1. The van der Waals surface area contributed by atoms with Crippen LogP contribution in [0.1, 0.15) is 31.2 Å². The van der Waals surface area contributed by atoms with Gasteiger partial charge in [0.2, 0.25) is 5.91 Å². The summed E-state index contributed by atoms with van der Waals surface area (Å²) in [5.41, 5.74) is 1.18. The number of methoxy groups -OCH3 is 1. The zero-order chi connectivity index (χ0) is 13.2. The first-order chi connectivity index (χ1) is 9.31. The summed E-state index contributed by atoms with van der Waals surface area (Å²) in [5, 5.41) is 0. The summed E-state index contributed by atoms with van der Waals surface area (Å²) >= 11 is 0. The fourth-order valence-corrected chi connectivity index (χ4v) is 3.63. The largest absolute Gasteiger partial charge is 0.361 e. The number of fused-ring (bicyclic) bond motifs is 1. The number of ether oxygens (including phenoxy) is 1. The Morgan fingerprint density at radius 1 is 1.21 bits per heavy atom. The average molecular weight is 259 g/mol. The summed E-state index contributed by atoms with van der Waals surface area (Å²) in [6, 6.07) is 10.2. The molecule has 2 fully saturated rings. The minimum Gasteiger partial charge on any atom is -0.361 e. The number of nitrogens with zero attached hydrogens (tertiary/aromatic N) is 1. The lowest BCUT2D eigenvalue weighted by Gasteiger charge is -2.28. The minimum absolute atomic E-state index is 0.0296. The van der Waals surface area contributed by atoms with Gasteiger partial charge in [0.15, 0.2) is 0 Å². The molecule has 1 aromatic rings. The molecule has 102 valence electrons. The van der Waals surface area contributed by atoms with Crippen molar-refractivity contribution in [3.8, 4) is 0 Å². The molecule has 1 amide bonds. The Labute approximate surface area is 114 Å². The Bertz CT molecular complexity index is 445. The molecule has 3 nitrogen and oxygen atoms in total. The van der Waals surface area contributed by atoms with Crippen molar-refractivity contribution in [3.05, 3.63) is 35.9 Å². The van der Waals surface area contributed by atoms with Gasteiger partial charge in [0.1, 0.15) is 6.23 Å². The van der Waals surface area contributed by atoms with Gasteiger partial charge in [-0.25, -0.2) is 0 Å². The maximum absolute atomic E-state index is 12.6. The quantitative estimate of drug-likeness (QED) is 0.835. The molecule has 0 bridgehead atoms. The molecule has 1 aromatic carbocycles. The van der Waals surface area contributed by atoms with Crippen LogP contribution in [0.3, 0.4) is 0 Å². The van der Waals surface area contributed by atoms with Crippen LogP contribution in [0.5, 0.6) is 0 Å². The van der Waals surface area contributed by atoms with Gasteiger partial charge in [-0.15, -0.1) is 0 Å². The van der Waals surface area contributed by atoms with Crippen LogP contribution in [0.2, 0.25) is 0 Å². The normalized spacial score (nSPS) is 30.5. The van der Waals surface area contributed by atoms with Crippen molar-refractivity contribution >= 4 is 5.91 Å². The summed E-state index contributed by atoms with van der Waals surface area (Å²) < 4.78 is 5.64. The van der Waals surface area contributed by atoms with Crippen LogP contribution < -0.4 is 0 Å². The molecule has 0 spiro atoms. The van der Waals surface area contributed by atoms with Crippen molar-refractivity contribution in [3.63, 3.8) is 0 Å². The van der Waals surface area contributed by atoms with Crippen molar-refractivity contribution in [2.45, 2.75) is 38.5 Å². The molecule has 1 aliphatic carbocycles. The first-order valence-electron chi connectivity index (χ1n) is 7.18. The van der Waals surface area contributed by atoms with Crippen LogP contribution in [0.15, 0.2) is 30.3 Å². The fraction of sp³-hybridized carbons (Fsp3) is 0.562. The molecule has 0 aromatic heterocycles. The molecule has 0 radical (unpaired) electrons. The molecule has 0 N–H and O–H groups in total. The predicted octanol–water partition coefficient (Wildman–Crippen LogP) is 2.81.